The van der Waals surface area contributed by atoms with E-state index in [1.165, 1.54) is 40.1 Å². The lowest BCUT2D eigenvalue weighted by Gasteiger charge is -2.17. The number of fused-ring (bicyclic) bond motifs is 1. The zero-order valence-electron chi connectivity index (χ0n) is 15.0. The maximum absolute atomic E-state index is 12.9. The highest BCUT2D eigenvalue weighted by Crippen LogP contribution is 2.30. The minimum atomic E-state index is -0.245. The first-order chi connectivity index (χ1) is 12.6. The number of benzene rings is 3. The summed E-state index contributed by atoms with van der Waals surface area (Å²) in [5, 5.41) is 0. The van der Waals surface area contributed by atoms with Crippen LogP contribution in [0.1, 0.15) is 27.8 Å². The van der Waals surface area contributed by atoms with Crippen LogP contribution in [0.2, 0.25) is 0 Å². The molecule has 0 radical (unpaired) electrons. The van der Waals surface area contributed by atoms with Crippen molar-refractivity contribution in [3.63, 3.8) is 0 Å². The molecule has 3 aromatic carbocycles. The first kappa shape index (κ1) is 16.5. The molecule has 0 aliphatic carbocycles. The van der Waals surface area contributed by atoms with Crippen LogP contribution in [0.25, 0.3) is 0 Å². The zero-order valence-corrected chi connectivity index (χ0v) is 15.0. The number of hydrogen-bond acceptors (Lipinski definition) is 2. The van der Waals surface area contributed by atoms with Crippen molar-refractivity contribution < 1.29 is 4.39 Å². The Morgan fingerprint density at radius 1 is 0.846 bits per heavy atom. The molecule has 0 saturated carbocycles. The van der Waals surface area contributed by atoms with E-state index in [1.807, 2.05) is 6.21 Å². The Hall–Kier alpha value is -2.94. The molecule has 0 spiro atoms. The molecule has 0 amide bonds. The van der Waals surface area contributed by atoms with Gasteiger partial charge in [0.05, 0.1) is 5.69 Å². The van der Waals surface area contributed by atoms with Crippen LogP contribution in [0.5, 0.6) is 0 Å². The molecule has 0 N–H and O–H groups in total. The molecule has 0 atom stereocenters. The van der Waals surface area contributed by atoms with E-state index in [0.29, 0.717) is 0 Å². The van der Waals surface area contributed by atoms with Gasteiger partial charge in [0, 0.05) is 25.0 Å². The number of rotatable bonds is 3. The van der Waals surface area contributed by atoms with Gasteiger partial charge in [-0.15, -0.1) is 0 Å². The highest BCUT2D eigenvalue weighted by molar-refractivity contribution is 5.82. The van der Waals surface area contributed by atoms with Gasteiger partial charge in [0.1, 0.15) is 5.82 Å². The molecule has 0 fully saturated rings. The van der Waals surface area contributed by atoms with Crippen LogP contribution in [0.3, 0.4) is 0 Å². The van der Waals surface area contributed by atoms with E-state index in [1.54, 1.807) is 12.1 Å². The summed E-state index contributed by atoms with van der Waals surface area (Å²) in [5.74, 6) is -0.245. The highest BCUT2D eigenvalue weighted by atomic mass is 19.1. The number of nitrogens with zero attached hydrogens (tertiary/aromatic N) is 2. The summed E-state index contributed by atoms with van der Waals surface area (Å²) >= 11 is 0. The maximum atomic E-state index is 12.9. The lowest BCUT2D eigenvalue weighted by molar-refractivity contribution is 0.628. The predicted molar refractivity (Wildman–Crippen MR) is 106 cm³/mol. The fourth-order valence-corrected chi connectivity index (χ4v) is 3.33. The van der Waals surface area contributed by atoms with Crippen molar-refractivity contribution in [3.05, 3.63) is 94.3 Å². The molecule has 26 heavy (non-hydrogen) atoms. The average Bonchev–Trinajstić information content (AvgIpc) is 3.05. The molecular weight excluding hydrogens is 323 g/mol. The second kappa shape index (κ2) is 6.75. The molecule has 0 saturated heterocycles. The summed E-state index contributed by atoms with van der Waals surface area (Å²) in [4.78, 5) is 6.78. The summed E-state index contributed by atoms with van der Waals surface area (Å²) in [6.07, 6.45) is 1.81. The van der Waals surface area contributed by atoms with Gasteiger partial charge < -0.3 is 4.90 Å². The predicted octanol–water partition coefficient (Wildman–Crippen LogP) is 5.71. The Bertz CT molecular complexity index is 926. The Kier molecular flexibility index (Phi) is 4.29. The Balaban J connectivity index is 1.47. The molecule has 2 nitrogen and oxygen atoms in total. The van der Waals surface area contributed by atoms with Gasteiger partial charge in [-0.3, -0.25) is 4.99 Å². The van der Waals surface area contributed by atoms with Gasteiger partial charge in [-0.1, -0.05) is 24.3 Å². The van der Waals surface area contributed by atoms with Crippen molar-refractivity contribution in [2.75, 3.05) is 4.90 Å². The Morgan fingerprint density at radius 3 is 2.00 bits per heavy atom. The number of hydrogen-bond donors (Lipinski definition) is 0. The highest BCUT2D eigenvalue weighted by Gasteiger charge is 2.19. The quantitative estimate of drug-likeness (QED) is 0.555. The maximum Gasteiger partial charge on any atom is 0.123 e. The molecular formula is C23H21FN2. The number of aryl methyl sites for hydroxylation is 2. The van der Waals surface area contributed by atoms with Crippen molar-refractivity contribution in [1.82, 2.24) is 0 Å². The third-order valence-corrected chi connectivity index (χ3v) is 4.99. The van der Waals surface area contributed by atoms with E-state index >= 15 is 0 Å². The van der Waals surface area contributed by atoms with Crippen LogP contribution < -0.4 is 4.90 Å². The van der Waals surface area contributed by atoms with E-state index in [-0.39, 0.29) is 5.82 Å². The second-order valence-corrected chi connectivity index (χ2v) is 6.89. The molecule has 3 heteroatoms. The fraction of sp³-hybridized carbons (Fsp3) is 0.174. The van der Waals surface area contributed by atoms with E-state index in [0.717, 1.165) is 24.3 Å². The molecule has 0 bridgehead atoms. The third-order valence-electron chi connectivity index (χ3n) is 4.99. The molecule has 1 aliphatic heterocycles. The van der Waals surface area contributed by atoms with E-state index in [4.69, 9.17) is 0 Å². The van der Waals surface area contributed by atoms with Gasteiger partial charge in [-0.25, -0.2) is 4.39 Å². The molecule has 1 heterocycles. The van der Waals surface area contributed by atoms with Gasteiger partial charge in [0.2, 0.25) is 0 Å². The van der Waals surface area contributed by atoms with Crippen LogP contribution in [0, 0.1) is 19.7 Å². The number of anilines is 1. The van der Waals surface area contributed by atoms with Gasteiger partial charge >= 0.3 is 0 Å². The van der Waals surface area contributed by atoms with Crippen molar-refractivity contribution in [3.8, 4) is 0 Å². The molecule has 1 aliphatic rings. The van der Waals surface area contributed by atoms with Gasteiger partial charge in [0.15, 0.2) is 0 Å². The lowest BCUT2D eigenvalue weighted by atomic mass is 10.0. The minimum absolute atomic E-state index is 0.245. The summed E-state index contributed by atoms with van der Waals surface area (Å²) in [6, 6.07) is 19.2. The summed E-state index contributed by atoms with van der Waals surface area (Å²) in [5.41, 5.74) is 8.56. The second-order valence-electron chi connectivity index (χ2n) is 6.89. The van der Waals surface area contributed by atoms with E-state index in [2.05, 4.69) is 60.1 Å². The van der Waals surface area contributed by atoms with Gasteiger partial charge in [-0.2, -0.15) is 0 Å². The van der Waals surface area contributed by atoms with Gasteiger partial charge in [-0.05, 0) is 78.1 Å². The van der Waals surface area contributed by atoms with Crippen LogP contribution in [-0.2, 0) is 13.1 Å². The smallest absolute Gasteiger partial charge is 0.123 e. The first-order valence-electron chi connectivity index (χ1n) is 8.82. The zero-order chi connectivity index (χ0) is 18.1. The van der Waals surface area contributed by atoms with E-state index < -0.39 is 0 Å². The summed E-state index contributed by atoms with van der Waals surface area (Å²) in [6.45, 7) is 6.26. The van der Waals surface area contributed by atoms with Crippen LogP contribution in [-0.4, -0.2) is 6.21 Å². The molecule has 4 rings (SSSR count). The average molecular weight is 344 g/mol. The third kappa shape index (κ3) is 3.38. The minimum Gasteiger partial charge on any atom is -0.363 e. The van der Waals surface area contributed by atoms with Gasteiger partial charge in [0.25, 0.3) is 0 Å². The molecule has 0 aromatic heterocycles. The normalized spacial score (nSPS) is 13.4. The van der Waals surface area contributed by atoms with Crippen LogP contribution in [0.4, 0.5) is 15.8 Å². The summed E-state index contributed by atoms with van der Waals surface area (Å²) in [7, 11) is 0. The van der Waals surface area contributed by atoms with Crippen molar-refractivity contribution in [2.24, 2.45) is 4.99 Å². The van der Waals surface area contributed by atoms with Crippen molar-refractivity contribution in [1.29, 1.82) is 0 Å². The van der Waals surface area contributed by atoms with E-state index in [9.17, 15) is 4.39 Å². The Morgan fingerprint density at radius 2 is 1.42 bits per heavy atom. The SMILES string of the molecule is Cc1cc2c(cc1C)CN(c1ccc(C=Nc3ccc(F)cc3)cc1)C2. The van der Waals surface area contributed by atoms with Crippen molar-refractivity contribution in [2.45, 2.75) is 26.9 Å². The first-order valence-corrected chi connectivity index (χ1v) is 8.82. The largest absolute Gasteiger partial charge is 0.363 e. The molecule has 130 valence electrons. The van der Waals surface area contributed by atoms with Crippen LogP contribution in [0.15, 0.2) is 65.7 Å². The number of halogens is 1. The summed E-state index contributed by atoms with van der Waals surface area (Å²) < 4.78 is 12.9. The van der Waals surface area contributed by atoms with Crippen LogP contribution >= 0.6 is 0 Å². The number of aliphatic imine (C=N–C) groups is 1. The standard InChI is InChI=1S/C23H21FN2/c1-16-11-19-14-26(15-20(19)12-17(16)2)23-9-3-18(4-10-23)13-25-22-7-5-21(24)6-8-22/h3-13H,14-15H2,1-2H3. The van der Waals surface area contributed by atoms with Crippen molar-refractivity contribution >= 4 is 17.6 Å². The molecule has 0 unspecified atom stereocenters. The Labute approximate surface area is 153 Å². The fourth-order valence-electron chi connectivity index (χ4n) is 3.33. The molecule has 3 aromatic rings. The monoisotopic (exact) mass is 344 g/mol. The topological polar surface area (TPSA) is 15.6 Å². The lowest BCUT2D eigenvalue weighted by Crippen LogP contribution is -2.14.